The lowest BCUT2D eigenvalue weighted by Gasteiger charge is -2.56. The second-order valence-electron chi connectivity index (χ2n) is 19.6. The van der Waals surface area contributed by atoms with Gasteiger partial charge in [-0.2, -0.15) is 4.98 Å². The minimum atomic E-state index is -4.58. The molecule has 3 N–H and O–H groups in total. The molecule has 5 aromatic rings. The monoisotopic (exact) mass is 945 g/mol. The van der Waals surface area contributed by atoms with Gasteiger partial charge in [-0.1, -0.05) is 24.3 Å². The third-order valence-corrected chi connectivity index (χ3v) is 16.4. The van der Waals surface area contributed by atoms with Crippen LogP contribution in [0.15, 0.2) is 83.9 Å². The number of rotatable bonds is 12. The highest BCUT2D eigenvalue weighted by Gasteiger charge is 2.47. The molecule has 3 aromatic carbocycles. The number of nitrogens with zero attached hydrogens (tertiary/aromatic N) is 6. The summed E-state index contributed by atoms with van der Waals surface area (Å²) in [5.74, 6) is 0.251. The Balaban J connectivity index is 0.839. The van der Waals surface area contributed by atoms with Crippen molar-refractivity contribution in [3.63, 3.8) is 0 Å². The average Bonchev–Trinajstić information content (AvgIpc) is 4.13. The molecule has 1 unspecified atom stereocenters. The molecule has 6 heterocycles. The third-order valence-electron chi connectivity index (χ3n) is 15.1. The summed E-state index contributed by atoms with van der Waals surface area (Å²) >= 11 is 0. The largest absolute Gasteiger partial charge is 0.476 e. The van der Waals surface area contributed by atoms with Crippen LogP contribution < -0.4 is 24.6 Å². The molecule has 2 atom stereocenters. The molecular weight excluding hydrogens is 887 g/mol. The molecule has 2 aromatic heterocycles. The molecule has 2 saturated carbocycles. The van der Waals surface area contributed by atoms with Gasteiger partial charge in [-0.05, 0) is 112 Å². The minimum Gasteiger partial charge on any atom is -0.476 e. The predicted molar refractivity (Wildman–Crippen MR) is 259 cm³/mol. The molecule has 4 aliphatic heterocycles. The first kappa shape index (κ1) is 44.7. The van der Waals surface area contributed by atoms with Gasteiger partial charge in [-0.25, -0.2) is 13.1 Å². The second kappa shape index (κ2) is 18.3. The summed E-state index contributed by atoms with van der Waals surface area (Å²) in [6, 6.07) is 23.1. The minimum absolute atomic E-state index is 0.120. The summed E-state index contributed by atoms with van der Waals surface area (Å²) < 4.78 is 47.4. The number of benzene rings is 3. The number of hydrogen-bond acceptors (Lipinski definition) is 14. The maximum Gasteiger partial charge on any atom is 0.293 e. The number of pyridine rings is 1. The molecule has 17 nitrogen and oxygen atoms in total. The lowest BCUT2D eigenvalue weighted by molar-refractivity contribution is -0.384. The van der Waals surface area contributed by atoms with Crippen LogP contribution in [-0.4, -0.2) is 130 Å². The van der Waals surface area contributed by atoms with Crippen LogP contribution in [0.1, 0.15) is 78.4 Å². The van der Waals surface area contributed by atoms with Crippen LogP contribution in [-0.2, 0) is 19.5 Å². The van der Waals surface area contributed by atoms with E-state index in [4.69, 9.17) is 19.2 Å². The fourth-order valence-electron chi connectivity index (χ4n) is 11.3. The molecular formula is C50H59N9O8S. The first-order valence-electron chi connectivity index (χ1n) is 24.1. The van der Waals surface area contributed by atoms with Crippen molar-refractivity contribution in [1.82, 2.24) is 24.5 Å². The Morgan fingerprint density at radius 3 is 2.54 bits per heavy atom. The molecule has 358 valence electrons. The Labute approximate surface area is 396 Å². The molecule has 11 rings (SSSR count). The van der Waals surface area contributed by atoms with Crippen LogP contribution in [0.2, 0.25) is 0 Å². The summed E-state index contributed by atoms with van der Waals surface area (Å²) in [4.78, 5) is 43.2. The van der Waals surface area contributed by atoms with E-state index in [-0.39, 0.29) is 29.3 Å². The summed E-state index contributed by atoms with van der Waals surface area (Å²) in [5.41, 5.74) is 5.85. The van der Waals surface area contributed by atoms with E-state index in [1.54, 1.807) is 11.6 Å². The van der Waals surface area contributed by atoms with Crippen molar-refractivity contribution in [1.29, 1.82) is 0 Å². The number of anilines is 4. The fraction of sp³-hybridized carbons (Fsp3) is 0.480. The molecule has 5 fully saturated rings. The zero-order valence-electron chi connectivity index (χ0n) is 38.4. The van der Waals surface area contributed by atoms with Gasteiger partial charge in [0.1, 0.15) is 17.0 Å². The number of likely N-dealkylation sites (N-methyl/N-ethyl adjacent to an activating group) is 1. The first-order valence-corrected chi connectivity index (χ1v) is 25.6. The number of fused-ring (bicyclic) bond motifs is 2. The van der Waals surface area contributed by atoms with E-state index < -0.39 is 31.4 Å². The number of piperazine rings is 1. The normalized spacial score (nSPS) is 22.5. The number of aromatic nitrogens is 2. The highest BCUT2D eigenvalue weighted by Crippen LogP contribution is 2.50. The fourth-order valence-corrected chi connectivity index (χ4v) is 12.3. The van der Waals surface area contributed by atoms with E-state index in [0.717, 1.165) is 75.5 Å². The number of nitro groups is 1. The molecule has 1 spiro atoms. The number of ether oxygens (including phenoxy) is 3. The SMILES string of the molecule is CN1CCN(C2CCC3(CC2)CN(c2ccc(C(=O)NS(=O)(=O)c4ccc(NC[C@H]5COCCO5)c([N+](=O)[O-])c4)c(N4CCCOc5nc6[nH]ccc6cc54)c2)C3)C(c2ccccc2C2CC2)C1. The van der Waals surface area contributed by atoms with Crippen LogP contribution in [0.25, 0.3) is 11.0 Å². The first-order chi connectivity index (χ1) is 33.0. The Bertz CT molecular complexity index is 2810. The standard InChI is InChI=1S/C50H59N9O8S/c1-55-20-21-57(46(29-55)40-6-3-2-5-39(40)33-7-8-33)35-13-16-50(17-14-35)31-56(32-50)36-9-11-41(43(26-36)58-19-4-22-67-49-45(58)25-34-15-18-51-47(34)53-49)48(60)54-68(63,64)38-10-12-42(44(27-38)59(61)62)52-28-37-30-65-23-24-66-37/h2-3,5-6,9-12,15,18,25-27,33,35,37,46,52H,4,7-8,13-14,16-17,19-24,28-32H2,1H3,(H,51,53)(H,54,60)/t37-,46?/m0/s1. The molecule has 0 radical (unpaired) electrons. The maximum absolute atomic E-state index is 14.4. The Hall–Kier alpha value is -5.79. The highest BCUT2D eigenvalue weighted by atomic mass is 32.2. The topological polar surface area (TPSA) is 188 Å². The predicted octanol–water partition coefficient (Wildman–Crippen LogP) is 6.95. The van der Waals surface area contributed by atoms with E-state index in [2.05, 4.69) is 61.0 Å². The number of carbonyl (C=O) groups is 1. The molecule has 1 amide bonds. The maximum atomic E-state index is 14.4. The van der Waals surface area contributed by atoms with E-state index in [0.29, 0.717) is 80.3 Å². The zero-order chi connectivity index (χ0) is 46.6. The number of sulfonamides is 1. The van der Waals surface area contributed by atoms with Gasteiger partial charge in [-0.15, -0.1) is 0 Å². The van der Waals surface area contributed by atoms with Crippen LogP contribution in [0.3, 0.4) is 0 Å². The van der Waals surface area contributed by atoms with E-state index in [1.807, 2.05) is 35.4 Å². The molecule has 0 bridgehead atoms. The summed E-state index contributed by atoms with van der Waals surface area (Å²) in [6.07, 6.45) is 9.33. The lowest BCUT2D eigenvalue weighted by atomic mass is 9.66. The van der Waals surface area contributed by atoms with Crippen LogP contribution >= 0.6 is 0 Å². The number of nitro benzene ring substituents is 1. The Kier molecular flexibility index (Phi) is 12.0. The summed E-state index contributed by atoms with van der Waals surface area (Å²) in [6.45, 7) is 7.34. The van der Waals surface area contributed by atoms with Gasteiger partial charge in [0.25, 0.3) is 21.6 Å². The van der Waals surface area contributed by atoms with Crippen molar-refractivity contribution in [2.24, 2.45) is 5.41 Å². The molecule has 3 saturated heterocycles. The van der Waals surface area contributed by atoms with Crippen LogP contribution in [0.5, 0.6) is 5.88 Å². The molecule has 18 heteroatoms. The average molecular weight is 946 g/mol. The van der Waals surface area contributed by atoms with Gasteiger partial charge in [0.2, 0.25) is 5.88 Å². The quantitative estimate of drug-likeness (QED) is 0.0861. The number of amides is 1. The van der Waals surface area contributed by atoms with Crippen LogP contribution in [0, 0.1) is 15.5 Å². The number of H-pyrrole nitrogens is 1. The molecule has 2 aliphatic carbocycles. The smallest absolute Gasteiger partial charge is 0.293 e. The van der Waals surface area contributed by atoms with Crippen molar-refractivity contribution in [3.8, 4) is 5.88 Å². The Morgan fingerprint density at radius 1 is 0.941 bits per heavy atom. The van der Waals surface area contributed by atoms with Crippen molar-refractivity contribution in [3.05, 3.63) is 106 Å². The van der Waals surface area contributed by atoms with Gasteiger partial charge in [0.15, 0.2) is 0 Å². The van der Waals surface area contributed by atoms with Crippen molar-refractivity contribution < 1.29 is 32.3 Å². The third kappa shape index (κ3) is 8.88. The van der Waals surface area contributed by atoms with Gasteiger partial charge < -0.3 is 39.2 Å². The van der Waals surface area contributed by atoms with Gasteiger partial charge in [0.05, 0.1) is 53.6 Å². The number of nitrogens with one attached hydrogen (secondary N) is 3. The van der Waals surface area contributed by atoms with E-state index in [9.17, 15) is 23.3 Å². The number of hydrogen-bond donors (Lipinski definition) is 3. The van der Waals surface area contributed by atoms with E-state index in [1.165, 1.54) is 30.5 Å². The lowest BCUT2D eigenvalue weighted by Crippen LogP contribution is -2.60. The van der Waals surface area contributed by atoms with Crippen molar-refractivity contribution >= 4 is 55.4 Å². The van der Waals surface area contributed by atoms with Gasteiger partial charge in [0, 0.05) is 86.6 Å². The number of carbonyl (C=O) groups excluding carboxylic acids is 1. The van der Waals surface area contributed by atoms with Crippen LogP contribution in [0.4, 0.5) is 28.4 Å². The number of aromatic amines is 1. The second-order valence-corrected chi connectivity index (χ2v) is 21.3. The molecule has 68 heavy (non-hydrogen) atoms. The van der Waals surface area contributed by atoms with Crippen molar-refractivity contribution in [2.75, 3.05) is 94.4 Å². The van der Waals surface area contributed by atoms with E-state index >= 15 is 0 Å². The zero-order valence-corrected chi connectivity index (χ0v) is 39.2. The highest BCUT2D eigenvalue weighted by molar-refractivity contribution is 7.90. The van der Waals surface area contributed by atoms with Gasteiger partial charge in [-0.3, -0.25) is 19.8 Å². The molecule has 6 aliphatic rings. The van der Waals surface area contributed by atoms with Crippen molar-refractivity contribution in [2.45, 2.75) is 73.9 Å². The summed E-state index contributed by atoms with van der Waals surface area (Å²) in [7, 11) is -2.33. The van der Waals surface area contributed by atoms with Gasteiger partial charge >= 0.3 is 0 Å². The summed E-state index contributed by atoms with van der Waals surface area (Å²) in [5, 5.41) is 16.1. The Morgan fingerprint density at radius 2 is 1.76 bits per heavy atom.